The summed E-state index contributed by atoms with van der Waals surface area (Å²) in [6.07, 6.45) is 1.56. The van der Waals surface area contributed by atoms with Crippen LogP contribution in [0.15, 0.2) is 18.2 Å². The fourth-order valence-corrected chi connectivity index (χ4v) is 2.13. The summed E-state index contributed by atoms with van der Waals surface area (Å²) in [6, 6.07) is 6.84. The summed E-state index contributed by atoms with van der Waals surface area (Å²) in [7, 11) is 0. The van der Waals surface area contributed by atoms with Crippen molar-refractivity contribution >= 4 is 5.91 Å². The fraction of sp³-hybridized carbons (Fsp3) is 0.385. The first-order valence-corrected chi connectivity index (χ1v) is 5.64. The molecule has 1 saturated heterocycles. The van der Waals surface area contributed by atoms with Crippen molar-refractivity contribution in [1.82, 2.24) is 4.90 Å². The van der Waals surface area contributed by atoms with Gasteiger partial charge in [0, 0.05) is 6.54 Å². The Labute approximate surface area is 100 Å². The Kier molecular flexibility index (Phi) is 3.01. The van der Waals surface area contributed by atoms with Crippen LogP contribution in [-0.2, 0) is 0 Å². The number of hydrogen-bond donors (Lipinski definition) is 1. The summed E-state index contributed by atoms with van der Waals surface area (Å²) in [5.74, 6) is -0.240. The lowest BCUT2D eigenvalue weighted by Crippen LogP contribution is -2.34. The van der Waals surface area contributed by atoms with Crippen molar-refractivity contribution in [1.29, 1.82) is 5.26 Å². The summed E-state index contributed by atoms with van der Waals surface area (Å²) in [4.78, 5) is 13.7. The molecule has 4 nitrogen and oxygen atoms in total. The highest BCUT2D eigenvalue weighted by Gasteiger charge is 2.30. The molecule has 1 heterocycles. The van der Waals surface area contributed by atoms with Crippen LogP contribution in [0.3, 0.4) is 0 Å². The number of carbonyl (C=O) groups excluding carboxylic acids is 1. The summed E-state index contributed by atoms with van der Waals surface area (Å²) in [5, 5.41) is 18.8. The number of phenols is 1. The van der Waals surface area contributed by atoms with E-state index in [1.165, 1.54) is 4.90 Å². The second kappa shape index (κ2) is 4.46. The highest BCUT2D eigenvalue weighted by atomic mass is 16.3. The Bertz CT molecular complexity index is 491. The second-order valence-corrected chi connectivity index (χ2v) is 4.26. The minimum Gasteiger partial charge on any atom is -0.507 e. The lowest BCUT2D eigenvalue weighted by Gasteiger charge is -2.20. The van der Waals surface area contributed by atoms with E-state index >= 15 is 0 Å². The maximum Gasteiger partial charge on any atom is 0.258 e. The van der Waals surface area contributed by atoms with Crippen LogP contribution < -0.4 is 0 Å². The van der Waals surface area contributed by atoms with Crippen LogP contribution in [0.4, 0.5) is 0 Å². The first-order valence-electron chi connectivity index (χ1n) is 5.64. The van der Waals surface area contributed by atoms with Crippen LogP contribution >= 0.6 is 0 Å². The molecule has 0 aromatic heterocycles. The van der Waals surface area contributed by atoms with Crippen LogP contribution in [0.2, 0.25) is 0 Å². The quantitative estimate of drug-likeness (QED) is 0.800. The predicted octanol–water partition coefficient (Wildman–Crippen LogP) is 1.83. The highest BCUT2D eigenvalue weighted by Crippen LogP contribution is 2.26. The molecule has 1 unspecified atom stereocenters. The van der Waals surface area contributed by atoms with Crippen LogP contribution in [0.5, 0.6) is 5.75 Å². The monoisotopic (exact) mass is 230 g/mol. The number of nitrogens with zero attached hydrogens (tertiary/aromatic N) is 2. The SMILES string of the molecule is Cc1cccc(C(=O)N2CCCC2C#N)c1O. The van der Waals surface area contributed by atoms with Gasteiger partial charge in [0.25, 0.3) is 5.91 Å². The third-order valence-electron chi connectivity index (χ3n) is 3.13. The zero-order valence-corrected chi connectivity index (χ0v) is 9.68. The molecular weight excluding hydrogens is 216 g/mol. The van der Waals surface area contributed by atoms with Crippen LogP contribution in [-0.4, -0.2) is 28.5 Å². The van der Waals surface area contributed by atoms with Gasteiger partial charge in [0.05, 0.1) is 11.6 Å². The average Bonchev–Trinajstić information content (AvgIpc) is 2.80. The second-order valence-electron chi connectivity index (χ2n) is 4.26. The standard InChI is InChI=1S/C13H14N2O2/c1-9-4-2-6-11(12(9)16)13(17)15-7-3-5-10(15)8-14/h2,4,6,10,16H,3,5,7H2,1H3. The van der Waals surface area contributed by atoms with Gasteiger partial charge in [0.2, 0.25) is 0 Å². The Hall–Kier alpha value is -2.02. The number of aromatic hydroxyl groups is 1. The summed E-state index contributed by atoms with van der Waals surface area (Å²) in [6.45, 7) is 2.34. The lowest BCUT2D eigenvalue weighted by molar-refractivity contribution is 0.0761. The van der Waals surface area contributed by atoms with Gasteiger partial charge in [-0.15, -0.1) is 0 Å². The maximum atomic E-state index is 12.2. The Morgan fingerprint density at radius 1 is 1.59 bits per heavy atom. The van der Waals surface area contributed by atoms with E-state index in [0.717, 1.165) is 12.8 Å². The van der Waals surface area contributed by atoms with Gasteiger partial charge in [-0.05, 0) is 31.4 Å². The molecular formula is C13H14N2O2. The van der Waals surface area contributed by atoms with Gasteiger partial charge >= 0.3 is 0 Å². The third kappa shape index (κ3) is 1.96. The van der Waals surface area contributed by atoms with E-state index in [2.05, 4.69) is 6.07 Å². The van der Waals surface area contributed by atoms with E-state index in [4.69, 9.17) is 5.26 Å². The normalized spacial score (nSPS) is 19.1. The third-order valence-corrected chi connectivity index (χ3v) is 3.13. The van der Waals surface area contributed by atoms with Crippen molar-refractivity contribution < 1.29 is 9.90 Å². The Morgan fingerprint density at radius 2 is 2.35 bits per heavy atom. The number of amides is 1. The molecule has 1 atom stereocenters. The number of nitriles is 1. The van der Waals surface area contributed by atoms with Crippen LogP contribution in [0.1, 0.15) is 28.8 Å². The van der Waals surface area contributed by atoms with Crippen molar-refractivity contribution in [3.63, 3.8) is 0 Å². The van der Waals surface area contributed by atoms with Gasteiger partial charge in [-0.2, -0.15) is 5.26 Å². The summed E-state index contributed by atoms with van der Waals surface area (Å²) < 4.78 is 0. The summed E-state index contributed by atoms with van der Waals surface area (Å²) >= 11 is 0. The molecule has 0 spiro atoms. The van der Waals surface area contributed by atoms with Crippen molar-refractivity contribution in [3.05, 3.63) is 29.3 Å². The zero-order chi connectivity index (χ0) is 12.4. The largest absolute Gasteiger partial charge is 0.507 e. The molecule has 0 aliphatic carbocycles. The van der Waals surface area contributed by atoms with E-state index in [9.17, 15) is 9.90 Å². The van der Waals surface area contributed by atoms with Crippen molar-refractivity contribution in [2.24, 2.45) is 0 Å². The molecule has 1 aromatic carbocycles. The molecule has 1 N–H and O–H groups in total. The number of phenolic OH excluding ortho intramolecular Hbond substituents is 1. The molecule has 4 heteroatoms. The van der Waals surface area contributed by atoms with Crippen LogP contribution in [0, 0.1) is 18.3 Å². The number of aryl methyl sites for hydroxylation is 1. The van der Waals surface area contributed by atoms with Crippen LogP contribution in [0.25, 0.3) is 0 Å². The molecule has 0 radical (unpaired) electrons. The van der Waals surface area contributed by atoms with Gasteiger partial charge in [-0.1, -0.05) is 12.1 Å². The number of hydrogen-bond acceptors (Lipinski definition) is 3. The number of carbonyl (C=O) groups is 1. The van der Waals surface area contributed by atoms with Gasteiger partial charge < -0.3 is 10.0 Å². The molecule has 1 aromatic rings. The van der Waals surface area contributed by atoms with E-state index in [0.29, 0.717) is 12.1 Å². The first-order chi connectivity index (χ1) is 8.15. The molecule has 0 saturated carbocycles. The molecule has 1 fully saturated rings. The minimum absolute atomic E-state index is 0.0149. The summed E-state index contributed by atoms with van der Waals surface area (Å²) in [5.41, 5.74) is 0.954. The number of benzene rings is 1. The number of para-hydroxylation sites is 1. The fourth-order valence-electron chi connectivity index (χ4n) is 2.13. The Morgan fingerprint density at radius 3 is 3.06 bits per heavy atom. The van der Waals surface area contributed by atoms with Gasteiger partial charge in [0.1, 0.15) is 11.8 Å². The molecule has 88 valence electrons. The smallest absolute Gasteiger partial charge is 0.258 e. The molecule has 1 amide bonds. The average molecular weight is 230 g/mol. The molecule has 1 aliphatic rings. The van der Waals surface area contributed by atoms with Crippen molar-refractivity contribution in [3.8, 4) is 11.8 Å². The minimum atomic E-state index is -0.359. The molecule has 1 aliphatic heterocycles. The molecule has 2 rings (SSSR count). The van der Waals surface area contributed by atoms with E-state index in [-0.39, 0.29) is 23.3 Å². The van der Waals surface area contributed by atoms with Gasteiger partial charge in [-0.25, -0.2) is 0 Å². The number of rotatable bonds is 1. The Balaban J connectivity index is 2.32. The maximum absolute atomic E-state index is 12.2. The molecule has 17 heavy (non-hydrogen) atoms. The van der Waals surface area contributed by atoms with E-state index in [1.807, 2.05) is 0 Å². The highest BCUT2D eigenvalue weighted by molar-refractivity contribution is 5.97. The van der Waals surface area contributed by atoms with E-state index < -0.39 is 0 Å². The van der Waals surface area contributed by atoms with Crippen molar-refractivity contribution in [2.45, 2.75) is 25.8 Å². The predicted molar refractivity (Wildman–Crippen MR) is 62.5 cm³/mol. The van der Waals surface area contributed by atoms with Gasteiger partial charge in [-0.3, -0.25) is 4.79 Å². The van der Waals surface area contributed by atoms with Crippen molar-refractivity contribution in [2.75, 3.05) is 6.54 Å². The van der Waals surface area contributed by atoms with Gasteiger partial charge in [0.15, 0.2) is 0 Å². The molecule has 0 bridgehead atoms. The van der Waals surface area contributed by atoms with E-state index in [1.54, 1.807) is 25.1 Å². The zero-order valence-electron chi connectivity index (χ0n) is 9.68. The first kappa shape index (κ1) is 11.5. The number of likely N-dealkylation sites (tertiary alicyclic amines) is 1. The topological polar surface area (TPSA) is 64.3 Å². The lowest BCUT2D eigenvalue weighted by atomic mass is 10.1.